The van der Waals surface area contributed by atoms with Crippen LogP contribution in [0, 0.1) is 0 Å². The van der Waals surface area contributed by atoms with Gasteiger partial charge in [-0.25, -0.2) is 4.79 Å². The van der Waals surface area contributed by atoms with Crippen molar-refractivity contribution >= 4 is 30.3 Å². The van der Waals surface area contributed by atoms with Gasteiger partial charge in [0, 0.05) is 5.56 Å². The topological polar surface area (TPSA) is 117 Å². The summed E-state index contributed by atoms with van der Waals surface area (Å²) < 4.78 is 14.6. The number of nitrogens with two attached hydrogens (primary N) is 1. The third kappa shape index (κ3) is 7.61. The van der Waals surface area contributed by atoms with Crippen molar-refractivity contribution in [3.05, 3.63) is 29.8 Å². The summed E-state index contributed by atoms with van der Waals surface area (Å²) in [5, 5.41) is 2.88. The molecule has 9 heteroatoms. The minimum Gasteiger partial charge on any atom is -0.497 e. The second-order valence-electron chi connectivity index (χ2n) is 8.53. The van der Waals surface area contributed by atoms with Gasteiger partial charge < -0.3 is 25.3 Å². The van der Waals surface area contributed by atoms with Gasteiger partial charge in [0.05, 0.1) is 21.3 Å². The van der Waals surface area contributed by atoms with E-state index in [1.54, 1.807) is 31.4 Å². The Labute approximate surface area is 202 Å². The highest BCUT2D eigenvalue weighted by atomic mass is 35.5. The first kappa shape index (κ1) is 28.7. The second-order valence-corrected chi connectivity index (χ2v) is 8.53. The number of hydrogen-bond acceptors (Lipinski definition) is 7. The number of rotatable bonds is 5. The Kier molecular flexibility index (Phi) is 11.7. The Morgan fingerprint density at radius 3 is 1.73 bits per heavy atom. The van der Waals surface area contributed by atoms with E-state index in [1.165, 1.54) is 20.6 Å². The molecule has 2 saturated carbocycles. The van der Waals surface area contributed by atoms with Gasteiger partial charge in [0.25, 0.3) is 5.91 Å². The van der Waals surface area contributed by atoms with Crippen LogP contribution in [0.15, 0.2) is 24.3 Å². The molecule has 1 aromatic carbocycles. The van der Waals surface area contributed by atoms with E-state index in [0.29, 0.717) is 24.2 Å². The molecule has 0 heterocycles. The Balaban J connectivity index is 0.000000385. The van der Waals surface area contributed by atoms with Gasteiger partial charge in [-0.05, 0) is 49.9 Å². The molecule has 8 nitrogen and oxygen atoms in total. The van der Waals surface area contributed by atoms with Crippen molar-refractivity contribution in [2.75, 3.05) is 21.3 Å². The van der Waals surface area contributed by atoms with Crippen molar-refractivity contribution in [3.63, 3.8) is 0 Å². The summed E-state index contributed by atoms with van der Waals surface area (Å²) in [6.45, 7) is 0. The molecule has 2 fully saturated rings. The van der Waals surface area contributed by atoms with Crippen molar-refractivity contribution in [2.24, 2.45) is 5.73 Å². The van der Waals surface area contributed by atoms with Crippen LogP contribution in [0.25, 0.3) is 0 Å². The average Bonchev–Trinajstić information content (AvgIpc) is 2.84. The molecule has 0 spiro atoms. The first-order chi connectivity index (χ1) is 15.3. The van der Waals surface area contributed by atoms with Gasteiger partial charge in [-0.15, -0.1) is 12.4 Å². The smallest absolute Gasteiger partial charge is 0.331 e. The SMILES string of the molecule is COC(=O)C1(N)CCCCC1.COC(=O)C1(NC(=O)c2ccc(OC)cc2)CCCCC1.Cl. The molecule has 2 aliphatic carbocycles. The minimum absolute atomic E-state index is 0. The van der Waals surface area contributed by atoms with Gasteiger partial charge in [-0.3, -0.25) is 9.59 Å². The van der Waals surface area contributed by atoms with Crippen LogP contribution in [0.1, 0.15) is 74.6 Å². The van der Waals surface area contributed by atoms with Gasteiger partial charge in [-0.2, -0.15) is 0 Å². The fourth-order valence-electron chi connectivity index (χ4n) is 4.35. The monoisotopic (exact) mass is 484 g/mol. The molecule has 3 rings (SSSR count). The van der Waals surface area contributed by atoms with Gasteiger partial charge >= 0.3 is 11.9 Å². The maximum Gasteiger partial charge on any atom is 0.331 e. The summed E-state index contributed by atoms with van der Waals surface area (Å²) in [7, 11) is 4.33. The van der Waals surface area contributed by atoms with Crippen LogP contribution in [-0.2, 0) is 19.1 Å². The summed E-state index contributed by atoms with van der Waals surface area (Å²) >= 11 is 0. The van der Waals surface area contributed by atoms with Crippen LogP contribution in [0.2, 0.25) is 0 Å². The number of carbonyl (C=O) groups is 3. The molecule has 2 aliphatic rings. The van der Waals surface area contributed by atoms with Gasteiger partial charge in [-0.1, -0.05) is 38.5 Å². The molecule has 1 aromatic rings. The lowest BCUT2D eigenvalue weighted by atomic mass is 9.81. The Bertz CT molecular complexity index is 772. The fourth-order valence-corrected chi connectivity index (χ4v) is 4.35. The highest BCUT2D eigenvalue weighted by Crippen LogP contribution is 2.30. The molecule has 33 heavy (non-hydrogen) atoms. The molecule has 186 valence electrons. The largest absolute Gasteiger partial charge is 0.497 e. The van der Waals surface area contributed by atoms with E-state index in [0.717, 1.165) is 44.9 Å². The Hall–Kier alpha value is -2.32. The van der Waals surface area contributed by atoms with Crippen molar-refractivity contribution in [1.29, 1.82) is 0 Å². The summed E-state index contributed by atoms with van der Waals surface area (Å²) in [5.41, 5.74) is 4.78. The van der Waals surface area contributed by atoms with Crippen molar-refractivity contribution in [3.8, 4) is 5.75 Å². The zero-order valence-electron chi connectivity index (χ0n) is 19.8. The number of nitrogens with one attached hydrogen (secondary N) is 1. The quantitative estimate of drug-likeness (QED) is 0.613. The van der Waals surface area contributed by atoms with E-state index in [-0.39, 0.29) is 30.3 Å². The zero-order chi connectivity index (χ0) is 23.6. The van der Waals surface area contributed by atoms with E-state index < -0.39 is 11.1 Å². The summed E-state index contributed by atoms with van der Waals surface area (Å²) in [6, 6.07) is 6.81. The number of esters is 2. The summed E-state index contributed by atoms with van der Waals surface area (Å²) in [5.74, 6) is -0.182. The Morgan fingerprint density at radius 1 is 0.788 bits per heavy atom. The van der Waals surface area contributed by atoms with Gasteiger partial charge in [0.2, 0.25) is 0 Å². The van der Waals surface area contributed by atoms with Crippen molar-refractivity contribution in [2.45, 2.75) is 75.3 Å². The molecule has 0 radical (unpaired) electrons. The number of methoxy groups -OCH3 is 3. The highest BCUT2D eigenvalue weighted by molar-refractivity contribution is 5.98. The number of benzene rings is 1. The molecule has 0 bridgehead atoms. The van der Waals surface area contributed by atoms with Crippen LogP contribution in [-0.4, -0.2) is 50.3 Å². The van der Waals surface area contributed by atoms with Crippen LogP contribution in [0.5, 0.6) is 5.75 Å². The maximum atomic E-state index is 12.4. The van der Waals surface area contributed by atoms with E-state index in [1.807, 2.05) is 0 Å². The fraction of sp³-hybridized carbons (Fsp3) is 0.625. The zero-order valence-corrected chi connectivity index (χ0v) is 20.6. The third-order valence-corrected chi connectivity index (χ3v) is 6.33. The summed E-state index contributed by atoms with van der Waals surface area (Å²) in [4.78, 5) is 35.6. The van der Waals surface area contributed by atoms with E-state index in [2.05, 4.69) is 10.1 Å². The predicted molar refractivity (Wildman–Crippen MR) is 128 cm³/mol. The predicted octanol–water partition coefficient (Wildman–Crippen LogP) is 3.54. The molecule has 0 aliphatic heterocycles. The van der Waals surface area contributed by atoms with E-state index >= 15 is 0 Å². The first-order valence-corrected chi connectivity index (χ1v) is 11.2. The standard InChI is InChI=1S/C16H21NO4.C8H15NO2.ClH/c1-20-13-8-6-12(7-9-13)14(18)17-16(15(19)21-2)10-4-3-5-11-16;1-11-7(10)8(9)5-3-2-4-6-8;/h6-9H,3-5,10-11H2,1-2H3,(H,17,18);2-6,9H2,1H3;1H. The van der Waals surface area contributed by atoms with Crippen LogP contribution >= 0.6 is 12.4 Å². The number of hydrogen-bond donors (Lipinski definition) is 2. The second kappa shape index (κ2) is 13.4. The molecular weight excluding hydrogens is 448 g/mol. The average molecular weight is 485 g/mol. The molecule has 0 saturated heterocycles. The van der Waals surface area contributed by atoms with Crippen LogP contribution < -0.4 is 15.8 Å². The van der Waals surface area contributed by atoms with Crippen molar-refractivity contribution < 1.29 is 28.6 Å². The van der Waals surface area contributed by atoms with Crippen LogP contribution in [0.3, 0.4) is 0 Å². The third-order valence-electron chi connectivity index (χ3n) is 6.33. The first-order valence-electron chi connectivity index (χ1n) is 11.2. The van der Waals surface area contributed by atoms with Gasteiger partial charge in [0.15, 0.2) is 0 Å². The number of amides is 1. The highest BCUT2D eigenvalue weighted by Gasteiger charge is 2.42. The molecule has 3 N–H and O–H groups in total. The maximum absolute atomic E-state index is 12.4. The minimum atomic E-state index is -0.885. The van der Waals surface area contributed by atoms with Crippen molar-refractivity contribution in [1.82, 2.24) is 5.32 Å². The lowest BCUT2D eigenvalue weighted by molar-refractivity contribution is -0.150. The van der Waals surface area contributed by atoms with E-state index in [9.17, 15) is 14.4 Å². The summed E-state index contributed by atoms with van der Waals surface area (Å²) in [6.07, 6.45) is 9.00. The normalized spacial score (nSPS) is 18.3. The lowest BCUT2D eigenvalue weighted by Gasteiger charge is -2.35. The van der Waals surface area contributed by atoms with Gasteiger partial charge in [0.1, 0.15) is 16.8 Å². The number of halogens is 1. The molecular formula is C24H37ClN2O6. The molecule has 0 aromatic heterocycles. The lowest BCUT2D eigenvalue weighted by Crippen LogP contribution is -2.56. The number of ether oxygens (including phenoxy) is 3. The molecule has 0 unspecified atom stereocenters. The Morgan fingerprint density at radius 2 is 1.27 bits per heavy atom. The van der Waals surface area contributed by atoms with Crippen LogP contribution in [0.4, 0.5) is 0 Å². The molecule has 0 atom stereocenters. The number of carbonyl (C=O) groups excluding carboxylic acids is 3. The van der Waals surface area contributed by atoms with E-state index in [4.69, 9.17) is 15.2 Å². The molecule has 1 amide bonds.